The van der Waals surface area contributed by atoms with Crippen LogP contribution in [0.1, 0.15) is 13.3 Å². The Kier molecular flexibility index (Phi) is 9.69. The second-order valence-electron chi connectivity index (χ2n) is 6.88. The standard InChI is InChI=1S/C20H26FN7O2.HI/c1-2-22-20(25-12-11-23-15-5-7-17(8-6-15)28(29)30)26-16-9-13-27(14-16)19-18(21)4-3-10-24-19;/h3-8,10,16,23H,2,9,11-14H2,1H3,(H2,22,25,26);1H. The van der Waals surface area contributed by atoms with Crippen molar-refractivity contribution in [3.05, 3.63) is 58.5 Å². The molecule has 3 N–H and O–H groups in total. The van der Waals surface area contributed by atoms with Gasteiger partial charge in [-0.2, -0.15) is 0 Å². The fourth-order valence-corrected chi connectivity index (χ4v) is 3.26. The number of nitrogens with zero attached hydrogens (tertiary/aromatic N) is 4. The van der Waals surface area contributed by atoms with Gasteiger partial charge in [-0.3, -0.25) is 15.1 Å². The third-order valence-electron chi connectivity index (χ3n) is 4.70. The van der Waals surface area contributed by atoms with Gasteiger partial charge in [0.25, 0.3) is 5.69 Å². The Morgan fingerprint density at radius 2 is 2.13 bits per heavy atom. The number of aliphatic imine (C=N–C) groups is 1. The molecule has 0 spiro atoms. The molecular weight excluding hydrogens is 516 g/mol. The van der Waals surface area contributed by atoms with Crippen LogP contribution in [0.3, 0.4) is 0 Å². The molecule has 31 heavy (non-hydrogen) atoms. The summed E-state index contributed by atoms with van der Waals surface area (Å²) in [6, 6.07) is 9.44. The molecule has 1 fully saturated rings. The Hall–Kier alpha value is -2.70. The Morgan fingerprint density at radius 1 is 1.35 bits per heavy atom. The average Bonchev–Trinajstić information content (AvgIpc) is 3.20. The number of aromatic nitrogens is 1. The summed E-state index contributed by atoms with van der Waals surface area (Å²) < 4.78 is 14.0. The highest BCUT2D eigenvalue weighted by Crippen LogP contribution is 2.20. The summed E-state index contributed by atoms with van der Waals surface area (Å²) in [6.07, 6.45) is 2.46. The van der Waals surface area contributed by atoms with E-state index in [9.17, 15) is 14.5 Å². The zero-order valence-corrected chi connectivity index (χ0v) is 19.6. The molecule has 11 heteroatoms. The number of rotatable bonds is 8. The number of anilines is 2. The van der Waals surface area contributed by atoms with E-state index in [1.165, 1.54) is 18.2 Å². The number of pyridine rings is 1. The van der Waals surface area contributed by atoms with E-state index < -0.39 is 4.92 Å². The predicted molar refractivity (Wildman–Crippen MR) is 131 cm³/mol. The highest BCUT2D eigenvalue weighted by Gasteiger charge is 2.25. The molecule has 0 saturated carbocycles. The maximum Gasteiger partial charge on any atom is 0.269 e. The molecule has 9 nitrogen and oxygen atoms in total. The number of guanidine groups is 1. The molecule has 0 amide bonds. The first-order chi connectivity index (χ1) is 14.6. The molecule has 0 aliphatic carbocycles. The molecule has 1 aliphatic rings. The number of hydrogen-bond acceptors (Lipinski definition) is 6. The van der Waals surface area contributed by atoms with Crippen molar-refractivity contribution in [2.24, 2.45) is 4.99 Å². The molecule has 1 atom stereocenters. The van der Waals surface area contributed by atoms with Gasteiger partial charge in [0.15, 0.2) is 17.6 Å². The minimum Gasteiger partial charge on any atom is -0.383 e. The normalized spacial score (nSPS) is 15.9. The molecule has 168 valence electrons. The van der Waals surface area contributed by atoms with Gasteiger partial charge in [0.2, 0.25) is 0 Å². The summed E-state index contributed by atoms with van der Waals surface area (Å²) in [7, 11) is 0. The lowest BCUT2D eigenvalue weighted by Gasteiger charge is -2.20. The fourth-order valence-electron chi connectivity index (χ4n) is 3.26. The van der Waals surface area contributed by atoms with Gasteiger partial charge < -0.3 is 20.9 Å². The molecule has 2 aromatic rings. The molecular formula is C20H27FIN7O2. The van der Waals surface area contributed by atoms with Crippen LogP contribution in [-0.4, -0.2) is 54.6 Å². The van der Waals surface area contributed by atoms with Crippen LogP contribution in [0.5, 0.6) is 0 Å². The first-order valence-corrected chi connectivity index (χ1v) is 9.95. The second-order valence-corrected chi connectivity index (χ2v) is 6.88. The Bertz CT molecular complexity index is 882. The monoisotopic (exact) mass is 543 g/mol. The van der Waals surface area contributed by atoms with Crippen LogP contribution in [0.25, 0.3) is 0 Å². The number of halogens is 2. The van der Waals surface area contributed by atoms with Crippen molar-refractivity contribution >= 4 is 47.1 Å². The number of benzene rings is 1. The lowest BCUT2D eigenvalue weighted by molar-refractivity contribution is -0.384. The van der Waals surface area contributed by atoms with Crippen LogP contribution in [0.4, 0.5) is 21.6 Å². The molecule has 2 heterocycles. The minimum absolute atomic E-state index is 0. The predicted octanol–water partition coefficient (Wildman–Crippen LogP) is 2.99. The van der Waals surface area contributed by atoms with Crippen LogP contribution >= 0.6 is 24.0 Å². The van der Waals surface area contributed by atoms with Crippen LogP contribution < -0.4 is 20.9 Å². The lowest BCUT2D eigenvalue weighted by atomic mass is 10.3. The largest absolute Gasteiger partial charge is 0.383 e. The van der Waals surface area contributed by atoms with Crippen molar-refractivity contribution in [1.29, 1.82) is 0 Å². The highest BCUT2D eigenvalue weighted by atomic mass is 127. The topological polar surface area (TPSA) is 108 Å². The zero-order valence-electron chi connectivity index (χ0n) is 17.3. The Morgan fingerprint density at radius 3 is 2.81 bits per heavy atom. The second kappa shape index (κ2) is 12.2. The van der Waals surface area contributed by atoms with Gasteiger partial charge in [-0.05, 0) is 37.6 Å². The molecule has 1 aromatic carbocycles. The van der Waals surface area contributed by atoms with Gasteiger partial charge in [-0.25, -0.2) is 9.37 Å². The summed E-state index contributed by atoms with van der Waals surface area (Å²) in [5.41, 5.74) is 0.867. The highest BCUT2D eigenvalue weighted by molar-refractivity contribution is 14.0. The minimum atomic E-state index is -0.422. The van der Waals surface area contributed by atoms with Crippen molar-refractivity contribution in [2.45, 2.75) is 19.4 Å². The van der Waals surface area contributed by atoms with E-state index >= 15 is 0 Å². The lowest BCUT2D eigenvalue weighted by Crippen LogP contribution is -2.45. The van der Waals surface area contributed by atoms with Gasteiger partial charge in [0.05, 0.1) is 11.5 Å². The van der Waals surface area contributed by atoms with Gasteiger partial charge in [-0.15, -0.1) is 24.0 Å². The number of nitro groups is 1. The summed E-state index contributed by atoms with van der Waals surface area (Å²) >= 11 is 0. The molecule has 0 bridgehead atoms. The summed E-state index contributed by atoms with van der Waals surface area (Å²) in [6.45, 7) is 5.22. The number of nitro benzene ring substituents is 1. The van der Waals surface area contributed by atoms with E-state index in [0.29, 0.717) is 31.4 Å². The van der Waals surface area contributed by atoms with Crippen molar-refractivity contribution < 1.29 is 9.31 Å². The van der Waals surface area contributed by atoms with Crippen molar-refractivity contribution in [3.63, 3.8) is 0 Å². The molecule has 1 aromatic heterocycles. The molecule has 1 saturated heterocycles. The summed E-state index contributed by atoms with van der Waals surface area (Å²) in [5.74, 6) is 0.781. The first-order valence-electron chi connectivity index (χ1n) is 9.95. The van der Waals surface area contributed by atoms with E-state index in [4.69, 9.17) is 0 Å². The maximum absolute atomic E-state index is 14.0. The van der Waals surface area contributed by atoms with E-state index in [0.717, 1.165) is 25.2 Å². The molecule has 1 unspecified atom stereocenters. The summed E-state index contributed by atoms with van der Waals surface area (Å²) in [4.78, 5) is 20.9. The van der Waals surface area contributed by atoms with Crippen LogP contribution in [-0.2, 0) is 0 Å². The maximum atomic E-state index is 14.0. The first kappa shape index (κ1) is 24.6. The van der Waals surface area contributed by atoms with Crippen molar-refractivity contribution in [1.82, 2.24) is 15.6 Å². The van der Waals surface area contributed by atoms with E-state index in [-0.39, 0.29) is 41.5 Å². The third kappa shape index (κ3) is 7.19. The van der Waals surface area contributed by atoms with E-state index in [1.54, 1.807) is 24.4 Å². The quantitative estimate of drug-likeness (QED) is 0.117. The Labute approximate surface area is 197 Å². The molecule has 3 rings (SSSR count). The Balaban J connectivity index is 0.00000341. The summed E-state index contributed by atoms with van der Waals surface area (Å²) in [5, 5.41) is 20.5. The van der Waals surface area contributed by atoms with Crippen LogP contribution in [0, 0.1) is 15.9 Å². The molecule has 0 radical (unpaired) electrons. The average molecular weight is 543 g/mol. The SMILES string of the molecule is CCNC(=NCCNc1ccc([N+](=O)[O-])cc1)NC1CCN(c2ncccc2F)C1.I. The van der Waals surface area contributed by atoms with Gasteiger partial charge in [-0.1, -0.05) is 0 Å². The van der Waals surface area contributed by atoms with Gasteiger partial charge in [0.1, 0.15) is 0 Å². The van der Waals surface area contributed by atoms with Crippen LogP contribution in [0.2, 0.25) is 0 Å². The van der Waals surface area contributed by atoms with Gasteiger partial charge >= 0.3 is 0 Å². The smallest absolute Gasteiger partial charge is 0.269 e. The number of nitrogens with one attached hydrogen (secondary N) is 3. The van der Waals surface area contributed by atoms with Crippen LogP contribution in [0.15, 0.2) is 47.6 Å². The van der Waals surface area contributed by atoms with E-state index in [2.05, 4.69) is 25.9 Å². The van der Waals surface area contributed by atoms with E-state index in [1.807, 2.05) is 11.8 Å². The zero-order chi connectivity index (χ0) is 21.3. The van der Waals surface area contributed by atoms with Crippen molar-refractivity contribution in [2.75, 3.05) is 42.9 Å². The third-order valence-corrected chi connectivity index (χ3v) is 4.70. The molecule has 1 aliphatic heterocycles. The fraction of sp³-hybridized carbons (Fsp3) is 0.400. The number of non-ortho nitro benzene ring substituents is 1. The van der Waals surface area contributed by atoms with Gasteiger partial charge in [0, 0.05) is 56.2 Å². The number of hydrogen-bond donors (Lipinski definition) is 3. The van der Waals surface area contributed by atoms with Crippen molar-refractivity contribution in [3.8, 4) is 0 Å².